The molecule has 0 bridgehead atoms. The molecule has 26 heavy (non-hydrogen) atoms. The van der Waals surface area contributed by atoms with Gasteiger partial charge in [-0.05, 0) is 45.8 Å². The summed E-state index contributed by atoms with van der Waals surface area (Å²) < 4.78 is 0.553. The molecule has 2 aromatic carbocycles. The van der Waals surface area contributed by atoms with E-state index in [4.69, 9.17) is 11.6 Å². The number of aromatic carboxylic acids is 1. The molecule has 0 saturated carbocycles. The standard InChI is InChI=1S/C19H13BrClNO3S/c1-22(18(23)13-8-7-12(21)9-14(13)20)15-10-16(26-17(15)19(24)25)11-5-3-2-4-6-11/h2-10H,1H3,(H,24,25). The summed E-state index contributed by atoms with van der Waals surface area (Å²) in [6, 6.07) is 16.0. The molecule has 132 valence electrons. The minimum Gasteiger partial charge on any atom is -0.477 e. The number of anilines is 1. The fourth-order valence-electron chi connectivity index (χ4n) is 2.48. The summed E-state index contributed by atoms with van der Waals surface area (Å²) in [5.41, 5.74) is 1.66. The molecular formula is C19H13BrClNO3S. The van der Waals surface area contributed by atoms with E-state index >= 15 is 0 Å². The number of hydrogen-bond acceptors (Lipinski definition) is 3. The molecule has 0 atom stereocenters. The van der Waals surface area contributed by atoms with Crippen molar-refractivity contribution in [1.29, 1.82) is 0 Å². The fourth-order valence-corrected chi connectivity index (χ4v) is 4.37. The quantitative estimate of drug-likeness (QED) is 0.546. The molecule has 0 unspecified atom stereocenters. The summed E-state index contributed by atoms with van der Waals surface area (Å²) in [6.07, 6.45) is 0. The van der Waals surface area contributed by atoms with E-state index in [1.165, 1.54) is 4.90 Å². The third-order valence-electron chi connectivity index (χ3n) is 3.79. The maximum absolute atomic E-state index is 12.9. The maximum Gasteiger partial charge on any atom is 0.348 e. The number of thiophene rings is 1. The van der Waals surface area contributed by atoms with Crippen LogP contribution in [0.4, 0.5) is 5.69 Å². The van der Waals surface area contributed by atoms with Crippen molar-refractivity contribution in [2.24, 2.45) is 0 Å². The highest BCUT2D eigenvalue weighted by Crippen LogP contribution is 2.37. The lowest BCUT2D eigenvalue weighted by Crippen LogP contribution is -2.27. The molecular weight excluding hydrogens is 438 g/mol. The normalized spacial score (nSPS) is 10.6. The average molecular weight is 451 g/mol. The van der Waals surface area contributed by atoms with Crippen LogP contribution in [0.15, 0.2) is 59.1 Å². The summed E-state index contributed by atoms with van der Waals surface area (Å²) >= 11 is 10.4. The number of amides is 1. The second-order valence-electron chi connectivity index (χ2n) is 5.48. The molecule has 0 spiro atoms. The lowest BCUT2D eigenvalue weighted by molar-refractivity contribution is 0.0703. The number of hydrogen-bond donors (Lipinski definition) is 1. The molecule has 4 nitrogen and oxygen atoms in total. The van der Waals surface area contributed by atoms with E-state index < -0.39 is 5.97 Å². The van der Waals surface area contributed by atoms with Gasteiger partial charge in [-0.25, -0.2) is 4.79 Å². The highest BCUT2D eigenvalue weighted by Gasteiger charge is 2.24. The second kappa shape index (κ2) is 7.61. The SMILES string of the molecule is CN(C(=O)c1ccc(Cl)cc1Br)c1cc(-c2ccccc2)sc1C(=O)O. The molecule has 0 saturated heterocycles. The van der Waals surface area contributed by atoms with E-state index in [0.29, 0.717) is 20.7 Å². The Kier molecular flexibility index (Phi) is 5.46. The lowest BCUT2D eigenvalue weighted by Gasteiger charge is -2.17. The Labute approximate surface area is 167 Å². The monoisotopic (exact) mass is 449 g/mol. The van der Waals surface area contributed by atoms with Crippen LogP contribution in [0, 0.1) is 0 Å². The Morgan fingerprint density at radius 1 is 1.12 bits per heavy atom. The maximum atomic E-state index is 12.9. The van der Waals surface area contributed by atoms with Crippen molar-refractivity contribution in [2.75, 3.05) is 11.9 Å². The molecule has 0 radical (unpaired) electrons. The smallest absolute Gasteiger partial charge is 0.348 e. The largest absolute Gasteiger partial charge is 0.477 e. The number of nitrogens with zero attached hydrogens (tertiary/aromatic N) is 1. The van der Waals surface area contributed by atoms with Crippen molar-refractivity contribution in [3.63, 3.8) is 0 Å². The minimum atomic E-state index is -1.07. The zero-order chi connectivity index (χ0) is 18.8. The Morgan fingerprint density at radius 2 is 1.81 bits per heavy atom. The minimum absolute atomic E-state index is 0.116. The summed E-state index contributed by atoms with van der Waals surface area (Å²) in [7, 11) is 1.56. The fraction of sp³-hybridized carbons (Fsp3) is 0.0526. The number of carbonyl (C=O) groups excluding carboxylic acids is 1. The number of carboxylic acid groups (broad SMARTS) is 1. The molecule has 3 rings (SSSR count). The van der Waals surface area contributed by atoms with Crippen LogP contribution in [0.2, 0.25) is 5.02 Å². The molecule has 1 N–H and O–H groups in total. The number of carbonyl (C=O) groups is 2. The molecule has 3 aromatic rings. The molecule has 0 fully saturated rings. The summed E-state index contributed by atoms with van der Waals surface area (Å²) in [5.74, 6) is -1.39. The van der Waals surface area contributed by atoms with Crippen molar-refractivity contribution in [3.05, 3.63) is 74.5 Å². The van der Waals surface area contributed by atoms with Crippen molar-refractivity contribution in [2.45, 2.75) is 0 Å². The van der Waals surface area contributed by atoms with Gasteiger partial charge in [0.2, 0.25) is 0 Å². The Morgan fingerprint density at radius 3 is 2.42 bits per heavy atom. The predicted molar refractivity (Wildman–Crippen MR) is 109 cm³/mol. The Hall–Kier alpha value is -2.15. The predicted octanol–water partition coefficient (Wildman–Crippen LogP) is 5.81. The van der Waals surface area contributed by atoms with Crippen molar-refractivity contribution in [1.82, 2.24) is 0 Å². The van der Waals surface area contributed by atoms with Gasteiger partial charge in [0, 0.05) is 21.4 Å². The van der Waals surface area contributed by atoms with Gasteiger partial charge in [-0.15, -0.1) is 11.3 Å². The van der Waals surface area contributed by atoms with Gasteiger partial charge in [0.05, 0.1) is 11.3 Å². The van der Waals surface area contributed by atoms with Gasteiger partial charge >= 0.3 is 5.97 Å². The van der Waals surface area contributed by atoms with E-state index in [2.05, 4.69) is 15.9 Å². The van der Waals surface area contributed by atoms with Crippen molar-refractivity contribution >= 4 is 56.4 Å². The van der Waals surface area contributed by atoms with E-state index in [-0.39, 0.29) is 10.8 Å². The lowest BCUT2D eigenvalue weighted by atomic mass is 10.1. The van der Waals surface area contributed by atoms with Crippen LogP contribution in [0.25, 0.3) is 10.4 Å². The van der Waals surface area contributed by atoms with Crippen molar-refractivity contribution < 1.29 is 14.7 Å². The third-order valence-corrected chi connectivity index (χ3v) is 5.85. The van der Waals surface area contributed by atoms with Crippen molar-refractivity contribution in [3.8, 4) is 10.4 Å². The first-order chi connectivity index (χ1) is 12.4. The van der Waals surface area contributed by atoms with Crippen LogP contribution in [-0.4, -0.2) is 24.0 Å². The van der Waals surface area contributed by atoms with Gasteiger partial charge in [0.25, 0.3) is 5.91 Å². The number of rotatable bonds is 4. The number of carboxylic acids is 1. The molecule has 1 aromatic heterocycles. The van der Waals surface area contributed by atoms with E-state index in [1.807, 2.05) is 30.3 Å². The summed E-state index contributed by atoms with van der Waals surface area (Å²) in [6.45, 7) is 0. The first kappa shape index (κ1) is 18.6. The highest BCUT2D eigenvalue weighted by atomic mass is 79.9. The Balaban J connectivity index is 2.03. The summed E-state index contributed by atoms with van der Waals surface area (Å²) in [5, 5.41) is 10.1. The third kappa shape index (κ3) is 3.67. The van der Waals surface area contributed by atoms with E-state index in [9.17, 15) is 14.7 Å². The number of halogens is 2. The van der Waals surface area contributed by atoms with E-state index in [0.717, 1.165) is 21.8 Å². The molecule has 0 aliphatic rings. The van der Waals surface area contributed by atoms with Crippen LogP contribution < -0.4 is 4.90 Å². The summed E-state index contributed by atoms with van der Waals surface area (Å²) in [4.78, 5) is 26.8. The van der Waals surface area contributed by atoms with Crippen LogP contribution in [0.5, 0.6) is 0 Å². The van der Waals surface area contributed by atoms with Crippen LogP contribution in [-0.2, 0) is 0 Å². The molecule has 0 aliphatic heterocycles. The van der Waals surface area contributed by atoms with Gasteiger partial charge in [0.1, 0.15) is 4.88 Å². The van der Waals surface area contributed by atoms with Gasteiger partial charge < -0.3 is 10.0 Å². The van der Waals surface area contributed by atoms with Gasteiger partial charge in [-0.2, -0.15) is 0 Å². The molecule has 0 aliphatic carbocycles. The number of benzene rings is 2. The molecule has 7 heteroatoms. The van der Waals surface area contributed by atoms with Gasteiger partial charge in [-0.1, -0.05) is 41.9 Å². The molecule has 1 heterocycles. The zero-order valence-electron chi connectivity index (χ0n) is 13.6. The molecule has 1 amide bonds. The van der Waals surface area contributed by atoms with Crippen LogP contribution in [0.3, 0.4) is 0 Å². The first-order valence-corrected chi connectivity index (χ1v) is 9.53. The first-order valence-electron chi connectivity index (χ1n) is 7.54. The second-order valence-corrected chi connectivity index (χ2v) is 7.83. The zero-order valence-corrected chi connectivity index (χ0v) is 16.7. The van der Waals surface area contributed by atoms with E-state index in [1.54, 1.807) is 31.3 Å². The van der Waals surface area contributed by atoms with Crippen LogP contribution in [0.1, 0.15) is 20.0 Å². The van der Waals surface area contributed by atoms with Gasteiger partial charge in [0.15, 0.2) is 0 Å². The highest BCUT2D eigenvalue weighted by molar-refractivity contribution is 9.10. The average Bonchev–Trinajstić information content (AvgIpc) is 3.07. The topological polar surface area (TPSA) is 57.6 Å². The van der Waals surface area contributed by atoms with Gasteiger partial charge in [-0.3, -0.25) is 4.79 Å². The van der Waals surface area contributed by atoms with Crippen LogP contribution >= 0.6 is 38.9 Å². The Bertz CT molecular complexity index is 988.